The van der Waals surface area contributed by atoms with Crippen LogP contribution in [0, 0.1) is 19.7 Å². The van der Waals surface area contributed by atoms with Gasteiger partial charge in [0.15, 0.2) is 5.78 Å². The van der Waals surface area contributed by atoms with Crippen LogP contribution in [0.3, 0.4) is 0 Å². The molecule has 6 heteroatoms. The van der Waals surface area contributed by atoms with Gasteiger partial charge >= 0.3 is 11.1 Å². The van der Waals surface area contributed by atoms with E-state index in [1.807, 2.05) is 32.0 Å². The zero-order chi connectivity index (χ0) is 18.8. The van der Waals surface area contributed by atoms with Gasteiger partial charge in [-0.05, 0) is 55.3 Å². The normalized spacial score (nSPS) is 10.7. The first-order valence-corrected chi connectivity index (χ1v) is 8.05. The lowest BCUT2D eigenvalue weighted by molar-refractivity contribution is 0.0970. The lowest BCUT2D eigenvalue weighted by atomic mass is 10.1. The molecule has 2 aromatic carbocycles. The summed E-state index contributed by atoms with van der Waals surface area (Å²) in [6, 6.07) is 10.7. The predicted octanol–water partition coefficient (Wildman–Crippen LogP) is 2.64. The van der Waals surface area contributed by atoms with E-state index >= 15 is 0 Å². The number of halogens is 1. The molecule has 0 amide bonds. The Hall–Kier alpha value is -3.28. The molecular formula is C20H17FN2O3. The highest BCUT2D eigenvalue weighted by atomic mass is 19.1. The van der Waals surface area contributed by atoms with Crippen molar-refractivity contribution in [1.82, 2.24) is 9.13 Å². The van der Waals surface area contributed by atoms with E-state index in [0.717, 1.165) is 15.7 Å². The van der Waals surface area contributed by atoms with Crippen molar-refractivity contribution in [2.75, 3.05) is 0 Å². The van der Waals surface area contributed by atoms with Gasteiger partial charge in [-0.3, -0.25) is 19.0 Å². The summed E-state index contributed by atoms with van der Waals surface area (Å²) in [6.07, 6.45) is 2.89. The van der Waals surface area contributed by atoms with Gasteiger partial charge in [0, 0.05) is 18.0 Å². The minimum absolute atomic E-state index is 0.275. The van der Waals surface area contributed by atoms with E-state index < -0.39 is 16.9 Å². The Bertz CT molecular complexity index is 1100. The van der Waals surface area contributed by atoms with Gasteiger partial charge in [0.1, 0.15) is 5.82 Å². The Labute approximate surface area is 149 Å². The Kier molecular flexibility index (Phi) is 4.67. The maximum absolute atomic E-state index is 13.0. The van der Waals surface area contributed by atoms with Crippen LogP contribution in [0.5, 0.6) is 0 Å². The number of rotatable bonds is 4. The molecule has 0 saturated heterocycles. The van der Waals surface area contributed by atoms with E-state index in [0.29, 0.717) is 5.69 Å². The molecule has 0 radical (unpaired) electrons. The van der Waals surface area contributed by atoms with Crippen LogP contribution in [-0.4, -0.2) is 14.9 Å². The third-order valence-corrected chi connectivity index (χ3v) is 4.16. The SMILES string of the molecule is Cc1ccc(C)c(-n2ccn(CC(=O)c3ccc(F)cc3)c(=O)c2=O)c1. The molecule has 0 fully saturated rings. The van der Waals surface area contributed by atoms with Gasteiger partial charge in [-0.2, -0.15) is 0 Å². The third kappa shape index (κ3) is 3.39. The maximum Gasteiger partial charge on any atom is 0.320 e. The topological polar surface area (TPSA) is 61.1 Å². The molecule has 5 nitrogen and oxygen atoms in total. The molecule has 1 heterocycles. The van der Waals surface area contributed by atoms with Gasteiger partial charge in [0.05, 0.1) is 12.2 Å². The summed E-state index contributed by atoms with van der Waals surface area (Å²) in [7, 11) is 0. The van der Waals surface area contributed by atoms with Gasteiger partial charge in [0.2, 0.25) is 0 Å². The average molecular weight is 352 g/mol. The van der Waals surface area contributed by atoms with Crippen molar-refractivity contribution in [3.63, 3.8) is 0 Å². The molecule has 0 aliphatic carbocycles. The maximum atomic E-state index is 13.0. The van der Waals surface area contributed by atoms with Crippen molar-refractivity contribution in [3.8, 4) is 5.69 Å². The average Bonchev–Trinajstić information content (AvgIpc) is 2.62. The van der Waals surface area contributed by atoms with E-state index in [4.69, 9.17) is 0 Å². The van der Waals surface area contributed by atoms with Crippen molar-refractivity contribution in [2.45, 2.75) is 20.4 Å². The molecule has 26 heavy (non-hydrogen) atoms. The van der Waals surface area contributed by atoms with Crippen molar-refractivity contribution in [3.05, 3.63) is 98.1 Å². The Morgan fingerprint density at radius 3 is 2.35 bits per heavy atom. The van der Waals surface area contributed by atoms with Gasteiger partial charge in [-0.25, -0.2) is 4.39 Å². The minimum atomic E-state index is -0.788. The molecular weight excluding hydrogens is 335 g/mol. The number of ketones is 1. The largest absolute Gasteiger partial charge is 0.320 e. The van der Waals surface area contributed by atoms with E-state index in [2.05, 4.69) is 0 Å². The lowest BCUT2D eigenvalue weighted by Gasteiger charge is -2.11. The second-order valence-electron chi connectivity index (χ2n) is 6.13. The van der Waals surface area contributed by atoms with E-state index in [1.54, 1.807) is 0 Å². The summed E-state index contributed by atoms with van der Waals surface area (Å²) in [6.45, 7) is 3.47. The summed E-state index contributed by atoms with van der Waals surface area (Å²) in [4.78, 5) is 37.1. The number of Topliss-reactive ketones (excluding diaryl/α,β-unsaturated/α-hetero) is 1. The molecule has 0 bridgehead atoms. The highest BCUT2D eigenvalue weighted by Crippen LogP contribution is 2.13. The van der Waals surface area contributed by atoms with Gasteiger partial charge in [0.25, 0.3) is 0 Å². The number of benzene rings is 2. The number of hydrogen-bond donors (Lipinski definition) is 0. The molecule has 0 aliphatic heterocycles. The van der Waals surface area contributed by atoms with E-state index in [-0.39, 0.29) is 17.9 Å². The van der Waals surface area contributed by atoms with Crippen molar-refractivity contribution in [2.24, 2.45) is 0 Å². The lowest BCUT2D eigenvalue weighted by Crippen LogP contribution is -2.41. The Balaban J connectivity index is 1.96. The first-order chi connectivity index (χ1) is 12.4. The zero-order valence-corrected chi connectivity index (χ0v) is 14.4. The molecule has 0 spiro atoms. The van der Waals surface area contributed by atoms with Crippen LogP contribution >= 0.6 is 0 Å². The number of nitrogens with zero attached hydrogens (tertiary/aromatic N) is 2. The molecule has 0 aliphatic rings. The number of carbonyl (C=O) groups is 1. The van der Waals surface area contributed by atoms with Crippen LogP contribution in [0.2, 0.25) is 0 Å². The van der Waals surface area contributed by atoms with Crippen molar-refractivity contribution >= 4 is 5.78 Å². The minimum Gasteiger partial charge on any atom is -0.301 e. The number of carbonyl (C=O) groups excluding carboxylic acids is 1. The fourth-order valence-corrected chi connectivity index (χ4v) is 2.68. The molecule has 3 rings (SSSR count). The first-order valence-electron chi connectivity index (χ1n) is 8.05. The van der Waals surface area contributed by atoms with Gasteiger partial charge in [-0.1, -0.05) is 12.1 Å². The van der Waals surface area contributed by atoms with Crippen molar-refractivity contribution in [1.29, 1.82) is 0 Å². The summed E-state index contributed by atoms with van der Waals surface area (Å²) in [5, 5.41) is 0. The fourth-order valence-electron chi connectivity index (χ4n) is 2.68. The van der Waals surface area contributed by atoms with Crippen LogP contribution in [0.25, 0.3) is 5.69 Å². The van der Waals surface area contributed by atoms with Crippen LogP contribution in [0.4, 0.5) is 4.39 Å². The Morgan fingerprint density at radius 2 is 1.65 bits per heavy atom. The molecule has 0 N–H and O–H groups in total. The molecule has 1 aromatic heterocycles. The second kappa shape index (κ2) is 6.92. The number of hydrogen-bond acceptors (Lipinski definition) is 3. The highest BCUT2D eigenvalue weighted by Gasteiger charge is 2.12. The van der Waals surface area contributed by atoms with Crippen LogP contribution in [0.15, 0.2) is 64.4 Å². The number of aryl methyl sites for hydroxylation is 2. The van der Waals surface area contributed by atoms with Crippen LogP contribution in [0.1, 0.15) is 21.5 Å². The van der Waals surface area contributed by atoms with Gasteiger partial charge < -0.3 is 4.57 Å². The quantitative estimate of drug-likeness (QED) is 0.536. The van der Waals surface area contributed by atoms with Crippen LogP contribution in [-0.2, 0) is 6.54 Å². The monoisotopic (exact) mass is 352 g/mol. The predicted molar refractivity (Wildman–Crippen MR) is 96.5 cm³/mol. The molecule has 3 aromatic rings. The van der Waals surface area contributed by atoms with Crippen LogP contribution < -0.4 is 11.1 Å². The summed E-state index contributed by atoms with van der Waals surface area (Å²) in [5.41, 5.74) is 1.21. The molecule has 132 valence electrons. The Morgan fingerprint density at radius 1 is 0.962 bits per heavy atom. The van der Waals surface area contributed by atoms with E-state index in [9.17, 15) is 18.8 Å². The summed E-state index contributed by atoms with van der Waals surface area (Å²) in [5.74, 6) is -0.828. The number of aromatic nitrogens is 2. The van der Waals surface area contributed by atoms with E-state index in [1.165, 1.54) is 41.2 Å². The molecule has 0 unspecified atom stereocenters. The summed E-state index contributed by atoms with van der Waals surface area (Å²) >= 11 is 0. The fraction of sp³-hybridized carbons (Fsp3) is 0.150. The van der Waals surface area contributed by atoms with Crippen molar-refractivity contribution < 1.29 is 9.18 Å². The smallest absolute Gasteiger partial charge is 0.301 e. The van der Waals surface area contributed by atoms with Gasteiger partial charge in [-0.15, -0.1) is 0 Å². The first kappa shape index (κ1) is 17.5. The third-order valence-electron chi connectivity index (χ3n) is 4.16. The zero-order valence-electron chi connectivity index (χ0n) is 14.4. The standard InChI is InChI=1S/C20H17FN2O3/c1-13-3-4-14(2)17(11-13)23-10-9-22(19(25)20(23)26)12-18(24)15-5-7-16(21)8-6-15/h3-11H,12H2,1-2H3. The summed E-state index contributed by atoms with van der Waals surface area (Å²) < 4.78 is 15.3. The second-order valence-corrected chi connectivity index (χ2v) is 6.13. The molecule has 0 atom stereocenters. The highest BCUT2D eigenvalue weighted by molar-refractivity contribution is 5.95. The molecule has 0 saturated carbocycles.